The number of ether oxygens (including phenoxy) is 1. The number of alkyl halides is 5. The van der Waals surface area contributed by atoms with E-state index in [1.165, 1.54) is 0 Å². The molecule has 1 aliphatic rings. The van der Waals surface area contributed by atoms with Crippen molar-refractivity contribution in [2.75, 3.05) is 0 Å². The summed E-state index contributed by atoms with van der Waals surface area (Å²) in [4.78, 5) is 0. The maximum Gasteiger partial charge on any atom is 0.432 e. The second-order valence-electron chi connectivity index (χ2n) is 8.65. The van der Waals surface area contributed by atoms with E-state index in [1.54, 1.807) is 0 Å². The molecule has 0 bridgehead atoms. The van der Waals surface area contributed by atoms with Gasteiger partial charge in [-0.25, -0.2) is 17.6 Å². The lowest BCUT2D eigenvalue weighted by Crippen LogP contribution is -2.26. The Balaban J connectivity index is 1.75. The molecule has 0 unspecified atom stereocenters. The first-order valence-electron chi connectivity index (χ1n) is 10.9. The summed E-state index contributed by atoms with van der Waals surface area (Å²) >= 11 is 0. The van der Waals surface area contributed by atoms with E-state index >= 15 is 0 Å². The molecule has 0 radical (unpaired) electrons. The topological polar surface area (TPSA) is 9.23 Å². The lowest BCUT2D eigenvalue weighted by atomic mass is 9.78. The molecule has 1 fully saturated rings. The van der Waals surface area contributed by atoms with Gasteiger partial charge in [-0.2, -0.15) is 22.0 Å². The first kappa shape index (κ1) is 26.2. The molecule has 0 spiro atoms. The van der Waals surface area contributed by atoms with E-state index in [4.69, 9.17) is 0 Å². The predicted molar refractivity (Wildman–Crippen MR) is 106 cm³/mol. The van der Waals surface area contributed by atoms with Crippen molar-refractivity contribution >= 4 is 0 Å². The first-order valence-corrected chi connectivity index (χ1v) is 10.9. The largest absolute Gasteiger partial charge is 0.432 e. The molecule has 0 amide bonds. The molecular weight excluding hydrogens is 475 g/mol. The van der Waals surface area contributed by atoms with Crippen LogP contribution in [0.3, 0.4) is 0 Å². The summed E-state index contributed by atoms with van der Waals surface area (Å²) in [6.07, 6.45) is -3.99. The van der Waals surface area contributed by atoms with E-state index < -0.39 is 52.4 Å². The molecule has 0 atom stereocenters. The van der Waals surface area contributed by atoms with Crippen LogP contribution in [0, 0.1) is 35.1 Å². The van der Waals surface area contributed by atoms with E-state index in [0.717, 1.165) is 44.2 Å². The molecule has 10 heteroatoms. The Morgan fingerprint density at radius 3 is 1.68 bits per heavy atom. The second-order valence-corrected chi connectivity index (χ2v) is 8.65. The zero-order valence-corrected chi connectivity index (χ0v) is 18.2. The summed E-state index contributed by atoms with van der Waals surface area (Å²) in [5.41, 5.74) is -3.94. The fourth-order valence-electron chi connectivity index (χ4n) is 4.43. The van der Waals surface area contributed by atoms with Crippen LogP contribution in [0.1, 0.15) is 62.1 Å². The molecule has 2 aromatic rings. The van der Waals surface area contributed by atoms with Gasteiger partial charge in [-0.05, 0) is 42.4 Å². The zero-order chi connectivity index (χ0) is 25.3. The molecule has 3 rings (SSSR count). The number of hydrogen-bond donors (Lipinski definition) is 0. The highest BCUT2D eigenvalue weighted by Gasteiger charge is 2.43. The number of halogens is 9. The van der Waals surface area contributed by atoms with Gasteiger partial charge in [0.2, 0.25) is 0 Å². The lowest BCUT2D eigenvalue weighted by Gasteiger charge is -2.27. The summed E-state index contributed by atoms with van der Waals surface area (Å²) in [7, 11) is 0. The molecule has 1 aliphatic carbocycles. The van der Waals surface area contributed by atoms with Crippen molar-refractivity contribution in [2.45, 2.75) is 64.2 Å². The molecule has 34 heavy (non-hydrogen) atoms. The van der Waals surface area contributed by atoms with Gasteiger partial charge in [-0.3, -0.25) is 0 Å². The van der Waals surface area contributed by atoms with Crippen molar-refractivity contribution in [1.29, 1.82) is 0 Å². The van der Waals surface area contributed by atoms with E-state index in [0.29, 0.717) is 18.3 Å². The van der Waals surface area contributed by atoms with Gasteiger partial charge >= 0.3 is 12.3 Å². The van der Waals surface area contributed by atoms with Crippen LogP contribution < -0.4 is 4.74 Å². The third-order valence-electron chi connectivity index (χ3n) is 6.32. The maximum absolute atomic E-state index is 14.5. The molecule has 0 aliphatic heterocycles. The van der Waals surface area contributed by atoms with E-state index in [2.05, 4.69) is 11.7 Å². The van der Waals surface area contributed by atoms with Gasteiger partial charge < -0.3 is 4.74 Å². The van der Waals surface area contributed by atoms with Crippen LogP contribution in [0.15, 0.2) is 24.3 Å². The minimum Gasteiger partial charge on any atom is -0.429 e. The monoisotopic (exact) mass is 498 g/mol. The van der Waals surface area contributed by atoms with Crippen LogP contribution >= 0.6 is 0 Å². The van der Waals surface area contributed by atoms with Crippen LogP contribution in [0.4, 0.5) is 39.5 Å². The molecule has 1 nitrogen and oxygen atoms in total. The van der Waals surface area contributed by atoms with Crippen LogP contribution in [-0.2, 0) is 18.7 Å². The van der Waals surface area contributed by atoms with Crippen LogP contribution in [0.2, 0.25) is 0 Å². The third-order valence-corrected chi connectivity index (χ3v) is 6.32. The van der Waals surface area contributed by atoms with Gasteiger partial charge in [-0.1, -0.05) is 39.0 Å². The normalized spacial score (nSPS) is 19.4. The van der Waals surface area contributed by atoms with Crippen molar-refractivity contribution in [1.82, 2.24) is 0 Å². The average molecular weight is 498 g/mol. The Kier molecular flexibility index (Phi) is 7.77. The summed E-state index contributed by atoms with van der Waals surface area (Å²) in [6.45, 7) is 2.13. The summed E-state index contributed by atoms with van der Waals surface area (Å²) in [6, 6.07) is 1.22. The van der Waals surface area contributed by atoms with Crippen molar-refractivity contribution in [3.63, 3.8) is 0 Å². The van der Waals surface area contributed by atoms with Gasteiger partial charge in [0.1, 0.15) is 40.1 Å². The summed E-state index contributed by atoms with van der Waals surface area (Å²) < 4.78 is 127. The van der Waals surface area contributed by atoms with Crippen molar-refractivity contribution < 1.29 is 44.3 Å². The van der Waals surface area contributed by atoms with Crippen LogP contribution in [0.25, 0.3) is 0 Å². The number of rotatable bonds is 7. The van der Waals surface area contributed by atoms with E-state index in [-0.39, 0.29) is 24.1 Å². The highest BCUT2D eigenvalue weighted by atomic mass is 19.4. The molecule has 188 valence electrons. The molecule has 1 saturated carbocycles. The molecular formula is C24H23F9O. The quantitative estimate of drug-likeness (QED) is 0.348. The van der Waals surface area contributed by atoms with Gasteiger partial charge in [0.25, 0.3) is 0 Å². The number of hydrogen-bond acceptors (Lipinski definition) is 1. The van der Waals surface area contributed by atoms with E-state index in [9.17, 15) is 39.5 Å². The summed E-state index contributed by atoms with van der Waals surface area (Å²) in [5.74, 6) is -7.99. The Labute approximate surface area is 190 Å². The van der Waals surface area contributed by atoms with Crippen molar-refractivity contribution in [3.05, 3.63) is 64.2 Å². The van der Waals surface area contributed by atoms with Crippen molar-refractivity contribution in [2.24, 2.45) is 11.8 Å². The zero-order valence-electron chi connectivity index (χ0n) is 18.2. The Morgan fingerprint density at radius 1 is 0.735 bits per heavy atom. The number of aryl methyl sites for hydroxylation is 1. The van der Waals surface area contributed by atoms with Gasteiger partial charge in [0.05, 0.1) is 0 Å². The van der Waals surface area contributed by atoms with Gasteiger partial charge in [-0.15, -0.1) is 0 Å². The minimum absolute atomic E-state index is 0.128. The molecule has 0 heterocycles. The summed E-state index contributed by atoms with van der Waals surface area (Å²) in [5, 5.41) is 0. The minimum atomic E-state index is -5.42. The molecule has 2 aromatic carbocycles. The molecule has 0 N–H and O–H groups in total. The Bertz CT molecular complexity index is 962. The first-order chi connectivity index (χ1) is 15.8. The number of benzene rings is 2. The Hall–Kier alpha value is -2.39. The van der Waals surface area contributed by atoms with Gasteiger partial charge in [0, 0.05) is 12.1 Å². The fraction of sp³-hybridized carbons (Fsp3) is 0.500. The lowest BCUT2D eigenvalue weighted by molar-refractivity contribution is -0.189. The second kappa shape index (κ2) is 10.1. The average Bonchev–Trinajstić information content (AvgIpc) is 2.70. The highest BCUT2D eigenvalue weighted by molar-refractivity contribution is 5.34. The SMILES string of the molecule is CC[C@H]1CC[C@H](CCc2cc(F)c(C(F)(F)Oc3cc(F)c(C(F)(F)F)c(F)c3)c(F)c2)CC1. The van der Waals surface area contributed by atoms with Crippen LogP contribution in [-0.4, -0.2) is 0 Å². The van der Waals surface area contributed by atoms with E-state index in [1.807, 2.05) is 0 Å². The molecule has 0 saturated heterocycles. The maximum atomic E-state index is 14.5. The fourth-order valence-corrected chi connectivity index (χ4v) is 4.43. The van der Waals surface area contributed by atoms with Crippen LogP contribution in [0.5, 0.6) is 5.75 Å². The predicted octanol–water partition coefficient (Wildman–Crippen LogP) is 8.54. The Morgan fingerprint density at radius 2 is 1.21 bits per heavy atom. The third kappa shape index (κ3) is 5.99. The smallest absolute Gasteiger partial charge is 0.429 e. The highest BCUT2D eigenvalue weighted by Crippen LogP contribution is 2.40. The van der Waals surface area contributed by atoms with Gasteiger partial charge in [0.15, 0.2) is 0 Å². The standard InChI is InChI=1S/C24H23F9O/c1-2-13-3-5-14(6-4-13)7-8-15-9-17(25)22(18(26)10-15)24(32,33)34-16-11-19(27)21(20(28)12-16)23(29,30)31/h9-14H,2-8H2,1H3/t13-,14-. The molecule has 0 aromatic heterocycles. The van der Waals surface area contributed by atoms with Crippen molar-refractivity contribution in [3.8, 4) is 5.75 Å².